The van der Waals surface area contributed by atoms with Gasteiger partial charge in [0.1, 0.15) is 0 Å². The fraction of sp³-hybridized carbons (Fsp3) is 0.474. The lowest BCUT2D eigenvalue weighted by atomic mass is 9.95. The molecule has 2 aromatic heterocycles. The molecule has 0 bridgehead atoms. The number of hydrogen-bond acceptors (Lipinski definition) is 7. The van der Waals surface area contributed by atoms with E-state index in [0.29, 0.717) is 12.3 Å². The van der Waals surface area contributed by atoms with E-state index in [1.165, 1.54) is 0 Å². The molecule has 0 amide bonds. The molecule has 4 atom stereocenters. The van der Waals surface area contributed by atoms with Crippen molar-refractivity contribution in [1.82, 2.24) is 9.97 Å². The molecule has 1 saturated heterocycles. The molecule has 3 heterocycles. The number of aromatic nitrogens is 2. The third kappa shape index (κ3) is 4.37. The molecular formula is C19H25N3O4. The van der Waals surface area contributed by atoms with Gasteiger partial charge in [-0.15, -0.1) is 0 Å². The maximum Gasteiger partial charge on any atom is 0.213 e. The Hall–Kier alpha value is -2.06. The summed E-state index contributed by atoms with van der Waals surface area (Å²) < 4.78 is 11.2. The number of ether oxygens (including phenoxy) is 2. The zero-order valence-electron chi connectivity index (χ0n) is 14.8. The van der Waals surface area contributed by atoms with Crippen LogP contribution in [0.25, 0.3) is 17.1 Å². The van der Waals surface area contributed by atoms with Crippen molar-refractivity contribution >= 4 is 17.1 Å². The van der Waals surface area contributed by atoms with Gasteiger partial charge in [-0.1, -0.05) is 12.2 Å². The number of methoxy groups -OCH3 is 1. The molecule has 1 aliphatic heterocycles. The van der Waals surface area contributed by atoms with Gasteiger partial charge in [0.05, 0.1) is 43.1 Å². The van der Waals surface area contributed by atoms with Gasteiger partial charge in [-0.05, 0) is 25.0 Å². The van der Waals surface area contributed by atoms with E-state index in [2.05, 4.69) is 9.97 Å². The van der Waals surface area contributed by atoms with Gasteiger partial charge in [-0.3, -0.25) is 4.98 Å². The molecule has 0 radical (unpaired) electrons. The normalized spacial score (nSPS) is 24.8. The summed E-state index contributed by atoms with van der Waals surface area (Å²) in [6, 6.07) is 5.42. The highest BCUT2D eigenvalue weighted by atomic mass is 16.5. The van der Waals surface area contributed by atoms with Crippen molar-refractivity contribution < 1.29 is 19.7 Å². The van der Waals surface area contributed by atoms with E-state index in [0.717, 1.165) is 29.4 Å². The summed E-state index contributed by atoms with van der Waals surface area (Å²) in [5, 5.41) is 18.7. The summed E-state index contributed by atoms with van der Waals surface area (Å²) in [5.41, 5.74) is 8.58. The van der Waals surface area contributed by atoms with Crippen LogP contribution in [0.2, 0.25) is 0 Å². The van der Waals surface area contributed by atoms with Crippen molar-refractivity contribution in [3.8, 4) is 5.88 Å². The van der Waals surface area contributed by atoms with Gasteiger partial charge >= 0.3 is 0 Å². The van der Waals surface area contributed by atoms with E-state index in [9.17, 15) is 5.11 Å². The van der Waals surface area contributed by atoms with E-state index in [1.54, 1.807) is 19.4 Å². The van der Waals surface area contributed by atoms with E-state index in [-0.39, 0.29) is 24.9 Å². The topological polar surface area (TPSA) is 111 Å². The number of hydrogen-bond donors (Lipinski definition) is 3. The number of nitrogens with two attached hydrogens (primary N) is 1. The van der Waals surface area contributed by atoms with Gasteiger partial charge in [-0.25, -0.2) is 4.98 Å². The maximum atomic E-state index is 9.66. The fourth-order valence-corrected chi connectivity index (χ4v) is 3.14. The second-order valence-corrected chi connectivity index (χ2v) is 6.51. The highest BCUT2D eigenvalue weighted by Gasteiger charge is 2.29. The summed E-state index contributed by atoms with van der Waals surface area (Å²) in [6.45, 7) is -0.288. The highest BCUT2D eigenvalue weighted by Crippen LogP contribution is 2.24. The minimum Gasteiger partial charge on any atom is -0.481 e. The Morgan fingerprint density at radius 2 is 2.23 bits per heavy atom. The van der Waals surface area contributed by atoms with E-state index >= 15 is 0 Å². The molecule has 140 valence electrons. The van der Waals surface area contributed by atoms with Crippen LogP contribution in [0.4, 0.5) is 0 Å². The minimum atomic E-state index is -0.811. The lowest BCUT2D eigenvalue weighted by Crippen LogP contribution is -2.45. The van der Waals surface area contributed by atoms with Crippen LogP contribution in [-0.2, 0) is 4.74 Å². The van der Waals surface area contributed by atoms with Crippen LogP contribution < -0.4 is 10.5 Å². The lowest BCUT2D eigenvalue weighted by molar-refractivity contribution is -0.0648. The molecule has 1 unspecified atom stereocenters. The van der Waals surface area contributed by atoms with Gasteiger partial charge in [0.2, 0.25) is 5.88 Å². The maximum absolute atomic E-state index is 9.66. The monoisotopic (exact) mass is 359 g/mol. The van der Waals surface area contributed by atoms with Crippen LogP contribution in [0, 0.1) is 0 Å². The molecule has 0 spiro atoms. The van der Waals surface area contributed by atoms with Crippen LogP contribution in [0.1, 0.15) is 24.8 Å². The Kier molecular flexibility index (Phi) is 6.16. The Morgan fingerprint density at radius 1 is 1.38 bits per heavy atom. The molecule has 1 fully saturated rings. The third-order valence-corrected chi connectivity index (χ3v) is 4.62. The van der Waals surface area contributed by atoms with Crippen LogP contribution in [-0.4, -0.2) is 58.3 Å². The number of fused-ring (bicyclic) bond motifs is 1. The first-order valence-electron chi connectivity index (χ1n) is 8.78. The van der Waals surface area contributed by atoms with Crippen molar-refractivity contribution in [2.24, 2.45) is 5.73 Å². The molecular weight excluding hydrogens is 334 g/mol. The average Bonchev–Trinajstić information content (AvgIpc) is 2.67. The van der Waals surface area contributed by atoms with Crippen molar-refractivity contribution in [2.75, 3.05) is 13.7 Å². The summed E-state index contributed by atoms with van der Waals surface area (Å²) in [5.74, 6) is 0.540. The second kappa shape index (κ2) is 8.55. The van der Waals surface area contributed by atoms with Crippen LogP contribution in [0.5, 0.6) is 5.88 Å². The number of rotatable bonds is 6. The number of aliphatic hydroxyl groups excluding tert-OH is 2. The fourth-order valence-electron chi connectivity index (χ4n) is 3.14. The predicted octanol–water partition coefficient (Wildman–Crippen LogP) is 1.27. The molecule has 0 aliphatic carbocycles. The van der Waals surface area contributed by atoms with Crippen LogP contribution in [0.15, 0.2) is 30.5 Å². The first-order valence-corrected chi connectivity index (χ1v) is 8.78. The smallest absolute Gasteiger partial charge is 0.213 e. The third-order valence-electron chi connectivity index (χ3n) is 4.62. The first-order chi connectivity index (χ1) is 12.6. The van der Waals surface area contributed by atoms with E-state index < -0.39 is 6.10 Å². The summed E-state index contributed by atoms with van der Waals surface area (Å²) in [7, 11) is 1.58. The Bertz CT molecular complexity index is 768. The summed E-state index contributed by atoms with van der Waals surface area (Å²) >= 11 is 0. The van der Waals surface area contributed by atoms with Crippen LogP contribution >= 0.6 is 0 Å². The van der Waals surface area contributed by atoms with Gasteiger partial charge in [0.25, 0.3) is 0 Å². The molecule has 26 heavy (non-hydrogen) atoms. The van der Waals surface area contributed by atoms with Crippen molar-refractivity contribution in [2.45, 2.75) is 43.6 Å². The summed E-state index contributed by atoms with van der Waals surface area (Å²) in [4.78, 5) is 8.80. The molecule has 4 N–H and O–H groups in total. The number of aliphatic hydroxyl groups is 2. The van der Waals surface area contributed by atoms with Crippen molar-refractivity contribution in [1.29, 1.82) is 0 Å². The molecule has 0 aromatic carbocycles. The van der Waals surface area contributed by atoms with E-state index in [4.69, 9.17) is 20.3 Å². The van der Waals surface area contributed by atoms with Gasteiger partial charge < -0.3 is 25.4 Å². The van der Waals surface area contributed by atoms with Gasteiger partial charge in [-0.2, -0.15) is 0 Å². The predicted molar refractivity (Wildman–Crippen MR) is 98.7 cm³/mol. The van der Waals surface area contributed by atoms with Gasteiger partial charge in [0.15, 0.2) is 0 Å². The Balaban J connectivity index is 1.76. The quantitative estimate of drug-likeness (QED) is 0.712. The molecule has 2 aromatic rings. The highest BCUT2D eigenvalue weighted by molar-refractivity contribution is 5.84. The Morgan fingerprint density at radius 3 is 3.00 bits per heavy atom. The van der Waals surface area contributed by atoms with E-state index in [1.807, 2.05) is 24.3 Å². The minimum absolute atomic E-state index is 0.0977. The lowest BCUT2D eigenvalue weighted by Gasteiger charge is -2.34. The number of pyridine rings is 2. The zero-order valence-corrected chi connectivity index (χ0v) is 14.8. The molecule has 3 rings (SSSR count). The van der Waals surface area contributed by atoms with Crippen LogP contribution in [0.3, 0.4) is 0 Å². The zero-order chi connectivity index (χ0) is 18.5. The summed E-state index contributed by atoms with van der Waals surface area (Å²) in [6.07, 6.45) is 6.47. The average molecular weight is 359 g/mol. The standard InChI is InChI=1S/C19H25N3O4/c1-25-18-7-6-16-19(22-18)12(8-9-21-16)2-3-14-4-5-15(20)17(26-14)10-13(24)11-23/h2-3,6-9,13-15,17,23-24H,4-5,10-11,20H2,1H3/b3-2+/t13?,14-,15-,17-/m1/s1. The Labute approximate surface area is 152 Å². The first kappa shape index (κ1) is 18.7. The second-order valence-electron chi connectivity index (χ2n) is 6.51. The molecule has 0 saturated carbocycles. The van der Waals surface area contributed by atoms with Gasteiger partial charge in [0, 0.05) is 30.3 Å². The molecule has 7 heteroatoms. The van der Waals surface area contributed by atoms with Crippen molar-refractivity contribution in [3.63, 3.8) is 0 Å². The molecule has 7 nitrogen and oxygen atoms in total. The SMILES string of the molecule is COc1ccc2nccc(/C=C/[C@@H]3CC[C@@H](N)[C@@H](CC(O)CO)O3)c2n1. The number of nitrogens with zero attached hydrogens (tertiary/aromatic N) is 2. The van der Waals surface area contributed by atoms with Crippen molar-refractivity contribution in [3.05, 3.63) is 36.0 Å². The largest absolute Gasteiger partial charge is 0.481 e. The molecule has 1 aliphatic rings.